The molecule has 1 N–H and O–H groups in total. The van der Waals surface area contributed by atoms with Crippen molar-refractivity contribution in [1.29, 1.82) is 0 Å². The van der Waals surface area contributed by atoms with Crippen molar-refractivity contribution in [2.45, 2.75) is 6.92 Å². The molecule has 11 heavy (non-hydrogen) atoms. The Hall–Kier alpha value is -1.08. The molecule has 0 atom stereocenters. The molecule has 0 aliphatic rings. The fraction of sp³-hybridized carbons (Fsp3) is 0.250. The van der Waals surface area contributed by atoms with Crippen LogP contribution in [0.5, 0.6) is 0 Å². The molecular weight excluding hydrogens is 170 g/mol. The fourth-order valence-corrected chi connectivity index (χ4v) is 0.301. The van der Waals surface area contributed by atoms with E-state index in [1.54, 1.807) is 12.3 Å². The molecule has 6 nitrogen and oxygen atoms in total. The van der Waals surface area contributed by atoms with E-state index < -0.39 is 11.0 Å². The van der Waals surface area contributed by atoms with Gasteiger partial charge in [-0.1, -0.05) is 0 Å². The summed E-state index contributed by atoms with van der Waals surface area (Å²) in [6, 6.07) is 1.80. The second kappa shape index (κ2) is 5.69. The molecule has 1 heterocycles. The number of aromatic nitrogens is 3. The molecule has 62 valence electrons. The first-order valence-corrected chi connectivity index (χ1v) is 3.70. The molecule has 0 saturated carbocycles. The number of aryl methyl sites for hydroxylation is 1. The number of thiol groups is 1. The Morgan fingerprint density at radius 2 is 2.09 bits per heavy atom. The highest BCUT2D eigenvalue weighted by Gasteiger charge is 1.76. The van der Waals surface area contributed by atoms with Crippen molar-refractivity contribution < 1.29 is 13.0 Å². The Bertz CT molecular complexity index is 253. The van der Waals surface area contributed by atoms with Gasteiger partial charge >= 0.3 is 0 Å². The molecule has 0 spiro atoms. The van der Waals surface area contributed by atoms with E-state index in [2.05, 4.69) is 15.4 Å². The summed E-state index contributed by atoms with van der Waals surface area (Å²) in [5.74, 6) is 0. The summed E-state index contributed by atoms with van der Waals surface area (Å²) in [7, 11) is -3.12. The van der Waals surface area contributed by atoms with Gasteiger partial charge in [-0.2, -0.15) is 0 Å². The van der Waals surface area contributed by atoms with Crippen molar-refractivity contribution in [2.75, 3.05) is 0 Å². The van der Waals surface area contributed by atoms with Crippen molar-refractivity contribution in [3.63, 3.8) is 0 Å². The van der Waals surface area contributed by atoms with Crippen LogP contribution in [-0.2, 0) is 11.0 Å². The van der Waals surface area contributed by atoms with Crippen molar-refractivity contribution in [3.05, 3.63) is 18.0 Å². The average Bonchev–Trinajstić information content (AvgIpc) is 1.87. The Kier molecular flexibility index (Phi) is 5.13. The van der Waals surface area contributed by atoms with Gasteiger partial charge in [0, 0.05) is 0 Å². The lowest BCUT2D eigenvalue weighted by atomic mass is 10.5. The second-order valence-electron chi connectivity index (χ2n) is 1.50. The van der Waals surface area contributed by atoms with E-state index in [0.29, 0.717) is 0 Å². The van der Waals surface area contributed by atoms with Crippen LogP contribution in [0.1, 0.15) is 5.69 Å². The summed E-state index contributed by atoms with van der Waals surface area (Å²) in [4.78, 5) is 0. The molecule has 7 heteroatoms. The van der Waals surface area contributed by atoms with Gasteiger partial charge in [-0.05, 0) is 18.2 Å². The normalized spacial score (nSPS) is 8.64. The minimum absolute atomic E-state index is 0.898. The van der Waals surface area contributed by atoms with E-state index in [1.165, 1.54) is 0 Å². The summed E-state index contributed by atoms with van der Waals surface area (Å²) >= 11 is 0. The molecule has 0 aliphatic heterocycles. The summed E-state index contributed by atoms with van der Waals surface area (Å²) in [6.07, 6.45) is 1.61. The van der Waals surface area contributed by atoms with E-state index in [-0.39, 0.29) is 0 Å². The van der Waals surface area contributed by atoms with Crippen LogP contribution in [0.3, 0.4) is 0 Å². The van der Waals surface area contributed by atoms with Crippen LogP contribution in [-0.4, -0.2) is 28.4 Å². The fourth-order valence-electron chi connectivity index (χ4n) is 0.301. The molecule has 1 aromatic heterocycles. The molecule has 0 saturated heterocycles. The predicted molar refractivity (Wildman–Crippen MR) is 37.5 cm³/mol. The van der Waals surface area contributed by atoms with Crippen molar-refractivity contribution in [2.24, 2.45) is 0 Å². The van der Waals surface area contributed by atoms with Crippen molar-refractivity contribution >= 4 is 11.0 Å². The summed E-state index contributed by atoms with van der Waals surface area (Å²) in [5, 5.41) is 10.5. The Morgan fingerprint density at radius 1 is 1.55 bits per heavy atom. The van der Waals surface area contributed by atoms with Gasteiger partial charge in [-0.15, -0.1) is 10.2 Å². The van der Waals surface area contributed by atoms with Gasteiger partial charge in [0.25, 0.3) is 11.0 Å². The van der Waals surface area contributed by atoms with Crippen LogP contribution in [0, 0.1) is 6.92 Å². The second-order valence-corrected chi connectivity index (χ2v) is 1.98. The van der Waals surface area contributed by atoms with Gasteiger partial charge in [0.1, 0.15) is 0 Å². The van der Waals surface area contributed by atoms with E-state index in [4.69, 9.17) is 13.0 Å². The highest BCUT2D eigenvalue weighted by atomic mass is 32.2. The van der Waals surface area contributed by atoms with Crippen LogP contribution in [0.25, 0.3) is 0 Å². The maximum absolute atomic E-state index is 8.59. The summed E-state index contributed by atoms with van der Waals surface area (Å²) in [6.45, 7) is 1.87. The zero-order valence-electron chi connectivity index (χ0n) is 5.71. The lowest BCUT2D eigenvalue weighted by molar-refractivity contribution is 0.509. The molecule has 0 unspecified atom stereocenters. The topological polar surface area (TPSA) is 93.0 Å². The van der Waals surface area contributed by atoms with Gasteiger partial charge in [-0.3, -0.25) is 4.55 Å². The van der Waals surface area contributed by atoms with E-state index >= 15 is 0 Å². The highest BCUT2D eigenvalue weighted by Crippen LogP contribution is 1.79. The summed E-state index contributed by atoms with van der Waals surface area (Å²) in [5.41, 5.74) is 0.898. The molecule has 0 bridgehead atoms. The lowest BCUT2D eigenvalue weighted by Crippen LogP contribution is -1.85. The molecule has 0 amide bonds. The Morgan fingerprint density at radius 3 is 2.27 bits per heavy atom. The molecule has 0 fully saturated rings. The standard InChI is InChI=1S/C4H5N3.H2O3S/c1-4-2-3-5-7-6-4;1-4(2)3/h2-3H,1H3;4H,(H,1,2,3). The average molecular weight is 177 g/mol. The van der Waals surface area contributed by atoms with Crippen molar-refractivity contribution in [1.82, 2.24) is 15.4 Å². The van der Waals surface area contributed by atoms with Gasteiger partial charge < -0.3 is 0 Å². The lowest BCUT2D eigenvalue weighted by Gasteiger charge is -1.79. The van der Waals surface area contributed by atoms with Crippen LogP contribution in [0.2, 0.25) is 0 Å². The van der Waals surface area contributed by atoms with E-state index in [9.17, 15) is 0 Å². The predicted octanol–water partition coefficient (Wildman–Crippen LogP) is -0.749. The SMILES string of the molecule is Cc1ccnnn1.O=[SH](=O)O. The third kappa shape index (κ3) is 8.92. The van der Waals surface area contributed by atoms with Gasteiger partial charge in [-0.25, -0.2) is 8.42 Å². The third-order valence-electron chi connectivity index (χ3n) is 0.637. The van der Waals surface area contributed by atoms with E-state index in [0.717, 1.165) is 5.69 Å². The maximum Gasteiger partial charge on any atom is 0.254 e. The largest absolute Gasteiger partial charge is 0.288 e. The number of rotatable bonds is 0. The number of hydrogen-bond acceptors (Lipinski definition) is 5. The first-order chi connectivity index (χ1) is 5.13. The van der Waals surface area contributed by atoms with Crippen LogP contribution >= 0.6 is 0 Å². The van der Waals surface area contributed by atoms with Gasteiger partial charge in [0.2, 0.25) is 0 Å². The van der Waals surface area contributed by atoms with Crippen LogP contribution in [0.4, 0.5) is 0 Å². The monoisotopic (exact) mass is 177 g/mol. The Balaban J connectivity index is 0.000000218. The van der Waals surface area contributed by atoms with Crippen LogP contribution in [0.15, 0.2) is 12.3 Å². The number of nitrogens with zero attached hydrogens (tertiary/aromatic N) is 3. The minimum Gasteiger partial charge on any atom is -0.288 e. The first kappa shape index (κ1) is 9.92. The molecule has 1 aromatic rings. The molecular formula is C4H7N3O3S. The molecule has 0 aliphatic carbocycles. The Labute approximate surface area is 65.1 Å². The van der Waals surface area contributed by atoms with Gasteiger partial charge in [0.05, 0.1) is 11.9 Å². The smallest absolute Gasteiger partial charge is 0.254 e. The molecule has 1 rings (SSSR count). The van der Waals surface area contributed by atoms with E-state index in [1.807, 2.05) is 6.92 Å². The quantitative estimate of drug-likeness (QED) is 0.400. The highest BCUT2D eigenvalue weighted by molar-refractivity contribution is 7.66. The molecule has 0 aromatic carbocycles. The first-order valence-electron chi connectivity index (χ1n) is 2.57. The maximum atomic E-state index is 8.59. The van der Waals surface area contributed by atoms with Crippen LogP contribution < -0.4 is 0 Å². The van der Waals surface area contributed by atoms with Crippen molar-refractivity contribution in [3.8, 4) is 0 Å². The number of hydrogen-bond donors (Lipinski definition) is 2. The summed E-state index contributed by atoms with van der Waals surface area (Å²) < 4.78 is 24.2. The third-order valence-corrected chi connectivity index (χ3v) is 0.637. The zero-order valence-corrected chi connectivity index (χ0v) is 6.60. The van der Waals surface area contributed by atoms with Gasteiger partial charge in [0.15, 0.2) is 0 Å². The minimum atomic E-state index is -3.12. The molecule has 0 radical (unpaired) electrons. The zero-order chi connectivity index (χ0) is 8.69.